The number of ether oxygens (including phenoxy) is 2. The Bertz CT molecular complexity index is 1260. The van der Waals surface area contributed by atoms with Gasteiger partial charge in [-0.05, 0) is 29.8 Å². The van der Waals surface area contributed by atoms with Crippen LogP contribution in [0, 0.1) is 0 Å². The fourth-order valence-corrected chi connectivity index (χ4v) is 4.58. The zero-order valence-corrected chi connectivity index (χ0v) is 19.4. The highest BCUT2D eigenvalue weighted by molar-refractivity contribution is 8.00. The van der Waals surface area contributed by atoms with Crippen LogP contribution in [0.2, 0.25) is 5.02 Å². The van der Waals surface area contributed by atoms with Gasteiger partial charge in [-0.15, -0.1) is 11.8 Å². The number of anilines is 1. The molecule has 0 aliphatic rings. The molecule has 0 unspecified atom stereocenters. The van der Waals surface area contributed by atoms with Crippen molar-refractivity contribution in [3.8, 4) is 11.5 Å². The summed E-state index contributed by atoms with van der Waals surface area (Å²) in [5, 5.41) is 4.77. The topological polar surface area (TPSA) is 52.5 Å². The summed E-state index contributed by atoms with van der Waals surface area (Å²) >= 11 is 7.87. The van der Waals surface area contributed by atoms with Crippen molar-refractivity contribution in [3.05, 3.63) is 83.5 Å². The molecular weight excluding hydrogens is 444 g/mol. The molecule has 4 rings (SSSR count). The van der Waals surface area contributed by atoms with Gasteiger partial charge in [0.2, 0.25) is 5.91 Å². The first kappa shape index (κ1) is 22.1. The van der Waals surface area contributed by atoms with Gasteiger partial charge >= 0.3 is 0 Å². The van der Waals surface area contributed by atoms with Crippen LogP contribution in [0.4, 0.5) is 5.69 Å². The highest BCUT2D eigenvalue weighted by Gasteiger charge is 2.13. The van der Waals surface area contributed by atoms with Crippen molar-refractivity contribution in [1.82, 2.24) is 4.57 Å². The number of thioether (sulfide) groups is 1. The van der Waals surface area contributed by atoms with E-state index in [1.807, 2.05) is 36.4 Å². The minimum Gasteiger partial charge on any atom is -0.497 e. The molecule has 0 atom stereocenters. The van der Waals surface area contributed by atoms with Crippen LogP contribution in [0.5, 0.6) is 11.5 Å². The number of fused-ring (bicyclic) bond motifs is 1. The van der Waals surface area contributed by atoms with Crippen molar-refractivity contribution in [2.75, 3.05) is 25.3 Å². The highest BCUT2D eigenvalue weighted by atomic mass is 35.5. The van der Waals surface area contributed by atoms with Gasteiger partial charge in [0.05, 0.1) is 25.7 Å². The van der Waals surface area contributed by atoms with E-state index in [9.17, 15) is 4.79 Å². The third-order valence-electron chi connectivity index (χ3n) is 5.09. The Hall–Kier alpha value is -3.09. The number of nitrogens with zero attached hydrogens (tertiary/aromatic N) is 1. The maximum Gasteiger partial charge on any atom is 0.234 e. The fraction of sp³-hybridized carbons (Fsp3) is 0.160. The van der Waals surface area contributed by atoms with E-state index in [-0.39, 0.29) is 11.7 Å². The lowest BCUT2D eigenvalue weighted by Gasteiger charge is -2.11. The molecule has 1 aromatic heterocycles. The molecule has 0 aliphatic heterocycles. The Morgan fingerprint density at radius 2 is 1.81 bits per heavy atom. The Morgan fingerprint density at radius 3 is 2.59 bits per heavy atom. The first-order chi connectivity index (χ1) is 15.6. The van der Waals surface area contributed by atoms with Crippen molar-refractivity contribution < 1.29 is 14.3 Å². The second-order valence-corrected chi connectivity index (χ2v) is 8.56. The average molecular weight is 467 g/mol. The molecule has 0 fully saturated rings. The Morgan fingerprint density at radius 1 is 1.03 bits per heavy atom. The summed E-state index contributed by atoms with van der Waals surface area (Å²) < 4.78 is 12.7. The van der Waals surface area contributed by atoms with E-state index < -0.39 is 0 Å². The molecule has 5 nitrogen and oxygen atoms in total. The summed E-state index contributed by atoms with van der Waals surface area (Å²) in [7, 11) is 3.15. The predicted octanol–water partition coefficient (Wildman–Crippen LogP) is 6.09. The van der Waals surface area contributed by atoms with Crippen LogP contribution in [0.25, 0.3) is 10.9 Å². The van der Waals surface area contributed by atoms with Gasteiger partial charge < -0.3 is 19.4 Å². The number of carbonyl (C=O) groups excluding carboxylic acids is 1. The molecule has 32 heavy (non-hydrogen) atoms. The molecule has 1 N–H and O–H groups in total. The van der Waals surface area contributed by atoms with Gasteiger partial charge in [0.15, 0.2) is 0 Å². The van der Waals surface area contributed by atoms with Crippen LogP contribution >= 0.6 is 23.4 Å². The molecule has 0 saturated heterocycles. The number of rotatable bonds is 8. The molecule has 0 saturated carbocycles. The summed E-state index contributed by atoms with van der Waals surface area (Å²) in [4.78, 5) is 13.7. The second kappa shape index (κ2) is 10.0. The summed E-state index contributed by atoms with van der Waals surface area (Å²) in [6.07, 6.45) is 2.08. The number of amides is 1. The number of nitrogens with one attached hydrogen (secondary N) is 1. The zero-order valence-electron chi connectivity index (χ0n) is 17.8. The smallest absolute Gasteiger partial charge is 0.234 e. The lowest BCUT2D eigenvalue weighted by Crippen LogP contribution is -2.14. The minimum absolute atomic E-state index is 0.110. The number of hydrogen-bond acceptors (Lipinski definition) is 4. The number of benzene rings is 3. The van der Waals surface area contributed by atoms with Crippen molar-refractivity contribution in [3.63, 3.8) is 0 Å². The van der Waals surface area contributed by atoms with Gasteiger partial charge in [0.1, 0.15) is 11.5 Å². The number of halogens is 1. The van der Waals surface area contributed by atoms with Crippen LogP contribution in [0.15, 0.2) is 77.8 Å². The van der Waals surface area contributed by atoms with Crippen molar-refractivity contribution >= 4 is 45.9 Å². The second-order valence-electron chi connectivity index (χ2n) is 7.13. The molecule has 7 heteroatoms. The Labute approximate surface area is 196 Å². The number of methoxy groups -OCH3 is 2. The van der Waals surface area contributed by atoms with Gasteiger partial charge in [-0.25, -0.2) is 0 Å². The normalized spacial score (nSPS) is 10.8. The van der Waals surface area contributed by atoms with E-state index in [0.717, 1.165) is 26.4 Å². The SMILES string of the molecule is COc1ccc(NC(=O)CSc2cn(Cc3ccccc3Cl)c3ccccc23)c(OC)c1. The standard InChI is InChI=1S/C25H23ClN2O3S/c1-30-18-11-12-21(23(13-18)31-2)27-25(29)16-32-24-15-28(22-10-6-4-8-19(22)24)14-17-7-3-5-9-20(17)26/h3-13,15H,14,16H2,1-2H3,(H,27,29). The summed E-state index contributed by atoms with van der Waals surface area (Å²) in [6.45, 7) is 0.663. The first-order valence-corrected chi connectivity index (χ1v) is 11.4. The van der Waals surface area contributed by atoms with Gasteiger partial charge in [0.25, 0.3) is 0 Å². The highest BCUT2D eigenvalue weighted by Crippen LogP contribution is 2.32. The van der Waals surface area contributed by atoms with Crippen LogP contribution in [0.3, 0.4) is 0 Å². The third kappa shape index (κ3) is 4.87. The fourth-order valence-electron chi connectivity index (χ4n) is 3.50. The van der Waals surface area contributed by atoms with Crippen molar-refractivity contribution in [2.24, 2.45) is 0 Å². The van der Waals surface area contributed by atoms with Gasteiger partial charge in [-0.1, -0.05) is 48.0 Å². The number of para-hydroxylation sites is 1. The van der Waals surface area contributed by atoms with Crippen LogP contribution in [0.1, 0.15) is 5.56 Å². The van der Waals surface area contributed by atoms with Crippen molar-refractivity contribution in [1.29, 1.82) is 0 Å². The number of aromatic nitrogens is 1. The van der Waals surface area contributed by atoms with E-state index >= 15 is 0 Å². The van der Waals surface area contributed by atoms with Gasteiger partial charge in [-0.2, -0.15) is 0 Å². The van der Waals surface area contributed by atoms with Gasteiger partial charge in [-0.3, -0.25) is 4.79 Å². The zero-order chi connectivity index (χ0) is 22.5. The molecule has 0 spiro atoms. The maximum absolute atomic E-state index is 12.6. The lowest BCUT2D eigenvalue weighted by molar-refractivity contribution is -0.113. The molecule has 1 amide bonds. The van der Waals surface area contributed by atoms with Crippen LogP contribution in [-0.4, -0.2) is 30.4 Å². The summed E-state index contributed by atoms with van der Waals surface area (Å²) in [6, 6.07) is 21.3. The molecule has 1 heterocycles. The first-order valence-electron chi connectivity index (χ1n) is 10.0. The Balaban J connectivity index is 1.50. The number of carbonyl (C=O) groups is 1. The Kier molecular flexibility index (Phi) is 6.93. The van der Waals surface area contributed by atoms with E-state index in [4.69, 9.17) is 21.1 Å². The molecule has 0 aliphatic carbocycles. The monoisotopic (exact) mass is 466 g/mol. The van der Waals surface area contributed by atoms with E-state index in [0.29, 0.717) is 23.7 Å². The van der Waals surface area contributed by atoms with E-state index in [1.165, 1.54) is 11.8 Å². The van der Waals surface area contributed by atoms with Crippen molar-refractivity contribution in [2.45, 2.75) is 11.4 Å². The molecular formula is C25H23ClN2O3S. The average Bonchev–Trinajstić information content (AvgIpc) is 3.17. The minimum atomic E-state index is -0.110. The lowest BCUT2D eigenvalue weighted by atomic mass is 10.2. The van der Waals surface area contributed by atoms with E-state index in [1.54, 1.807) is 32.4 Å². The molecule has 164 valence electrons. The quantitative estimate of drug-likeness (QED) is 0.319. The van der Waals surface area contributed by atoms with Gasteiger partial charge in [0, 0.05) is 39.6 Å². The third-order valence-corrected chi connectivity index (χ3v) is 6.50. The summed E-state index contributed by atoms with van der Waals surface area (Å²) in [5.41, 5.74) is 2.77. The number of hydrogen-bond donors (Lipinski definition) is 1. The molecule has 0 bridgehead atoms. The van der Waals surface area contributed by atoms with E-state index in [2.05, 4.69) is 28.2 Å². The summed E-state index contributed by atoms with van der Waals surface area (Å²) in [5.74, 6) is 1.39. The van der Waals surface area contributed by atoms with Crippen LogP contribution < -0.4 is 14.8 Å². The predicted molar refractivity (Wildman–Crippen MR) is 131 cm³/mol. The molecule has 3 aromatic carbocycles. The molecule has 4 aromatic rings. The largest absolute Gasteiger partial charge is 0.497 e. The maximum atomic E-state index is 12.6. The molecule has 0 radical (unpaired) electrons. The van der Waals surface area contributed by atoms with Crippen LogP contribution in [-0.2, 0) is 11.3 Å².